The third-order valence-electron chi connectivity index (χ3n) is 5.04. The minimum absolute atomic E-state index is 0.0718. The predicted octanol–water partition coefficient (Wildman–Crippen LogP) is 4.01. The SMILES string of the molecule is CC(C)c1nc2c3c(F)cc(F)cc3n(Cc3ccc(CP(=O)(O)O)cc3)c2c(=O)[nH]1. The average Bonchev–Trinajstić information content (AvgIpc) is 2.96. The summed E-state index contributed by atoms with van der Waals surface area (Å²) in [4.78, 5) is 38.3. The van der Waals surface area contributed by atoms with E-state index in [9.17, 15) is 18.1 Å². The molecule has 4 aromatic rings. The highest BCUT2D eigenvalue weighted by molar-refractivity contribution is 7.50. The molecule has 4 rings (SSSR count). The van der Waals surface area contributed by atoms with Crippen LogP contribution >= 0.6 is 7.60 Å². The third-order valence-corrected chi connectivity index (χ3v) is 5.82. The second kappa shape index (κ2) is 7.67. The van der Waals surface area contributed by atoms with Gasteiger partial charge in [0.1, 0.15) is 28.5 Å². The van der Waals surface area contributed by atoms with Crippen molar-refractivity contribution in [3.63, 3.8) is 0 Å². The van der Waals surface area contributed by atoms with Gasteiger partial charge < -0.3 is 19.3 Å². The van der Waals surface area contributed by atoms with Gasteiger partial charge in [-0.2, -0.15) is 0 Å². The first kappa shape index (κ1) is 21.4. The summed E-state index contributed by atoms with van der Waals surface area (Å²) in [7, 11) is -4.20. The molecule has 7 nitrogen and oxygen atoms in total. The van der Waals surface area contributed by atoms with E-state index in [0.717, 1.165) is 12.1 Å². The van der Waals surface area contributed by atoms with E-state index in [0.29, 0.717) is 17.0 Å². The maximum absolute atomic E-state index is 14.7. The number of nitrogens with zero attached hydrogens (tertiary/aromatic N) is 2. The summed E-state index contributed by atoms with van der Waals surface area (Å²) in [5, 5.41) is 0.0718. The van der Waals surface area contributed by atoms with Gasteiger partial charge in [-0.05, 0) is 17.2 Å². The van der Waals surface area contributed by atoms with Crippen molar-refractivity contribution in [2.75, 3.05) is 0 Å². The number of fused-ring (bicyclic) bond motifs is 3. The molecule has 0 saturated carbocycles. The van der Waals surface area contributed by atoms with Gasteiger partial charge in [-0.15, -0.1) is 0 Å². The molecule has 0 amide bonds. The summed E-state index contributed by atoms with van der Waals surface area (Å²) in [5.41, 5.74) is 1.18. The summed E-state index contributed by atoms with van der Waals surface area (Å²) in [6.45, 7) is 3.81. The lowest BCUT2D eigenvalue weighted by molar-refractivity contribution is 0.371. The van der Waals surface area contributed by atoms with Gasteiger partial charge in [-0.25, -0.2) is 13.8 Å². The van der Waals surface area contributed by atoms with Crippen molar-refractivity contribution in [1.29, 1.82) is 0 Å². The topological polar surface area (TPSA) is 108 Å². The van der Waals surface area contributed by atoms with Crippen LogP contribution in [0.3, 0.4) is 0 Å². The molecule has 0 bridgehead atoms. The largest absolute Gasteiger partial charge is 0.330 e. The molecule has 3 N–H and O–H groups in total. The van der Waals surface area contributed by atoms with Crippen LogP contribution in [-0.2, 0) is 17.3 Å². The van der Waals surface area contributed by atoms with Crippen LogP contribution in [0.5, 0.6) is 0 Å². The fourth-order valence-electron chi connectivity index (χ4n) is 3.65. The molecule has 2 aromatic carbocycles. The lowest BCUT2D eigenvalue weighted by atomic mass is 10.1. The number of halogens is 2. The normalized spacial score (nSPS) is 12.4. The second-order valence-electron chi connectivity index (χ2n) is 7.81. The summed E-state index contributed by atoms with van der Waals surface area (Å²) in [5.74, 6) is -1.27. The number of nitrogens with one attached hydrogen (secondary N) is 1. The van der Waals surface area contributed by atoms with Crippen LogP contribution in [0.15, 0.2) is 41.2 Å². The molecule has 0 fully saturated rings. The van der Waals surface area contributed by atoms with Crippen LogP contribution in [0, 0.1) is 11.6 Å². The van der Waals surface area contributed by atoms with E-state index in [-0.39, 0.29) is 40.6 Å². The maximum atomic E-state index is 14.7. The summed E-state index contributed by atoms with van der Waals surface area (Å²) in [6, 6.07) is 8.38. The van der Waals surface area contributed by atoms with Crippen LogP contribution in [-0.4, -0.2) is 24.3 Å². The summed E-state index contributed by atoms with van der Waals surface area (Å²) >= 11 is 0. The number of aromatic nitrogens is 3. The molecule has 0 atom stereocenters. The molecule has 2 heterocycles. The van der Waals surface area contributed by atoms with Gasteiger partial charge in [0.05, 0.1) is 17.1 Å². The van der Waals surface area contributed by atoms with Crippen LogP contribution in [0.2, 0.25) is 0 Å². The number of benzene rings is 2. The predicted molar refractivity (Wildman–Crippen MR) is 113 cm³/mol. The fraction of sp³-hybridized carbons (Fsp3) is 0.238. The van der Waals surface area contributed by atoms with Crippen molar-refractivity contribution in [3.8, 4) is 0 Å². The summed E-state index contributed by atoms with van der Waals surface area (Å²) in [6.07, 6.45) is -0.388. The monoisotopic (exact) mass is 447 g/mol. The van der Waals surface area contributed by atoms with Gasteiger partial charge in [0, 0.05) is 18.5 Å². The summed E-state index contributed by atoms with van der Waals surface area (Å²) < 4.78 is 41.4. The zero-order valence-corrected chi connectivity index (χ0v) is 17.7. The molecule has 0 radical (unpaired) electrons. The Hall–Kier alpha value is -2.87. The van der Waals surface area contributed by atoms with Gasteiger partial charge in [0.2, 0.25) is 0 Å². The minimum atomic E-state index is -4.20. The van der Waals surface area contributed by atoms with Crippen molar-refractivity contribution < 1.29 is 23.1 Å². The highest BCUT2D eigenvalue weighted by Crippen LogP contribution is 2.39. The standard InChI is InChI=1S/C21H20F2N3O4P/c1-11(2)20-24-18-17-15(23)7-14(22)8-16(17)26(19(18)21(27)25-20)9-12-3-5-13(6-4-12)10-31(28,29)30/h3-8,11H,9-10H2,1-2H3,(H,24,25,27)(H2,28,29,30). The Labute approximate surface area is 175 Å². The lowest BCUT2D eigenvalue weighted by Gasteiger charge is -2.10. The van der Waals surface area contributed by atoms with E-state index < -0.39 is 24.8 Å². The van der Waals surface area contributed by atoms with Crippen molar-refractivity contribution in [1.82, 2.24) is 14.5 Å². The average molecular weight is 447 g/mol. The van der Waals surface area contributed by atoms with Gasteiger partial charge in [-0.1, -0.05) is 38.1 Å². The van der Waals surface area contributed by atoms with Crippen LogP contribution in [0.25, 0.3) is 21.9 Å². The van der Waals surface area contributed by atoms with Crippen LogP contribution < -0.4 is 5.56 Å². The van der Waals surface area contributed by atoms with Gasteiger partial charge in [-0.3, -0.25) is 9.36 Å². The quantitative estimate of drug-likeness (QED) is 0.401. The first-order chi connectivity index (χ1) is 14.5. The Morgan fingerprint density at radius 3 is 2.39 bits per heavy atom. The molecule has 0 spiro atoms. The van der Waals surface area contributed by atoms with E-state index in [4.69, 9.17) is 9.79 Å². The van der Waals surface area contributed by atoms with Gasteiger partial charge in [0.15, 0.2) is 0 Å². The zero-order chi connectivity index (χ0) is 22.5. The Balaban J connectivity index is 1.90. The van der Waals surface area contributed by atoms with Crippen LogP contribution in [0.4, 0.5) is 8.78 Å². The maximum Gasteiger partial charge on any atom is 0.329 e. The Kier molecular flexibility index (Phi) is 5.29. The minimum Gasteiger partial charge on any atom is -0.330 e. The van der Waals surface area contributed by atoms with Crippen molar-refractivity contribution in [2.24, 2.45) is 0 Å². The number of H-pyrrole nitrogens is 1. The number of hydrogen-bond donors (Lipinski definition) is 3. The van der Waals surface area contributed by atoms with Gasteiger partial charge in [0.25, 0.3) is 5.56 Å². The molecule has 0 unspecified atom stereocenters. The molecule has 0 aliphatic rings. The third kappa shape index (κ3) is 4.17. The highest BCUT2D eigenvalue weighted by Gasteiger charge is 2.21. The fourth-order valence-corrected chi connectivity index (χ4v) is 4.33. The number of aromatic amines is 1. The van der Waals surface area contributed by atoms with E-state index in [2.05, 4.69) is 9.97 Å². The molecule has 162 valence electrons. The Morgan fingerprint density at radius 2 is 1.77 bits per heavy atom. The van der Waals surface area contributed by atoms with E-state index in [1.54, 1.807) is 24.3 Å². The molecular weight excluding hydrogens is 427 g/mol. The second-order valence-corrected chi connectivity index (χ2v) is 9.46. The molecule has 10 heteroatoms. The lowest BCUT2D eigenvalue weighted by Crippen LogP contribution is -2.16. The van der Waals surface area contributed by atoms with E-state index >= 15 is 0 Å². The van der Waals surface area contributed by atoms with Gasteiger partial charge >= 0.3 is 7.60 Å². The molecule has 0 aliphatic heterocycles. The Morgan fingerprint density at radius 1 is 1.13 bits per heavy atom. The first-order valence-corrected chi connectivity index (χ1v) is 11.4. The first-order valence-electron chi connectivity index (χ1n) is 9.57. The van der Waals surface area contributed by atoms with Crippen molar-refractivity contribution in [3.05, 3.63) is 75.3 Å². The van der Waals surface area contributed by atoms with Crippen molar-refractivity contribution >= 4 is 29.5 Å². The molecule has 2 aromatic heterocycles. The number of rotatable bonds is 5. The van der Waals surface area contributed by atoms with Crippen molar-refractivity contribution in [2.45, 2.75) is 32.5 Å². The number of hydrogen-bond acceptors (Lipinski definition) is 3. The Bertz CT molecular complexity index is 1400. The smallest absolute Gasteiger partial charge is 0.329 e. The van der Waals surface area contributed by atoms with Crippen LogP contribution in [0.1, 0.15) is 36.7 Å². The zero-order valence-electron chi connectivity index (χ0n) is 16.8. The molecule has 31 heavy (non-hydrogen) atoms. The molecule has 0 aliphatic carbocycles. The molecular formula is C21H20F2N3O4P. The van der Waals surface area contributed by atoms with E-state index in [1.165, 1.54) is 4.57 Å². The molecule has 0 saturated heterocycles. The van der Waals surface area contributed by atoms with E-state index in [1.807, 2.05) is 13.8 Å². The highest BCUT2D eigenvalue weighted by atomic mass is 31.2.